The molecule has 0 spiro atoms. The monoisotopic (exact) mass is 401 g/mol. The number of piperazine rings is 1. The number of thiazole rings is 1. The largest absolute Gasteiger partial charge is 0.486 e. The van der Waals surface area contributed by atoms with Crippen molar-refractivity contribution in [1.82, 2.24) is 9.88 Å². The van der Waals surface area contributed by atoms with Crippen molar-refractivity contribution < 1.29 is 13.5 Å². The molecule has 3 aromatic rings. The van der Waals surface area contributed by atoms with Gasteiger partial charge in [0.2, 0.25) is 0 Å². The van der Waals surface area contributed by atoms with E-state index in [-0.39, 0.29) is 11.6 Å². The van der Waals surface area contributed by atoms with E-state index in [2.05, 4.69) is 14.8 Å². The zero-order valence-corrected chi connectivity index (χ0v) is 16.2. The maximum Gasteiger partial charge on any atom is 0.146 e. The van der Waals surface area contributed by atoms with E-state index in [0.717, 1.165) is 43.4 Å². The van der Waals surface area contributed by atoms with Gasteiger partial charge in [0.05, 0.1) is 11.4 Å². The molecule has 1 fully saturated rings. The van der Waals surface area contributed by atoms with Crippen molar-refractivity contribution in [3.63, 3.8) is 0 Å². The van der Waals surface area contributed by atoms with E-state index >= 15 is 0 Å². The van der Waals surface area contributed by atoms with Gasteiger partial charge >= 0.3 is 0 Å². The van der Waals surface area contributed by atoms with Crippen LogP contribution in [-0.2, 0) is 13.2 Å². The third-order valence-corrected chi connectivity index (χ3v) is 5.60. The van der Waals surface area contributed by atoms with Gasteiger partial charge in [0.1, 0.15) is 29.0 Å². The molecular formula is C21H21F2N3OS. The second-order valence-electron chi connectivity index (χ2n) is 6.69. The van der Waals surface area contributed by atoms with E-state index in [0.29, 0.717) is 18.0 Å². The molecule has 1 aliphatic heterocycles. The standard InChI is InChI=1S/C21H21F2N3OS/c22-16-5-7-18(8-6-16)27-14-21-24-17(15-28-21)13-25-9-11-26(12-10-25)20-4-2-1-3-19(20)23/h1-8,15H,9-14H2. The van der Waals surface area contributed by atoms with E-state index < -0.39 is 0 Å². The zero-order chi connectivity index (χ0) is 19.3. The molecule has 146 valence electrons. The SMILES string of the molecule is Fc1ccc(OCc2nc(CN3CCN(c4ccccc4F)CC3)cs2)cc1. The van der Waals surface area contributed by atoms with Crippen LogP contribution >= 0.6 is 11.3 Å². The summed E-state index contributed by atoms with van der Waals surface area (Å²) >= 11 is 1.56. The normalized spacial score (nSPS) is 15.0. The van der Waals surface area contributed by atoms with Crippen LogP contribution in [0.4, 0.5) is 14.5 Å². The Labute approximate surface area is 167 Å². The number of anilines is 1. The van der Waals surface area contributed by atoms with Crippen LogP contribution in [0.1, 0.15) is 10.7 Å². The van der Waals surface area contributed by atoms with Gasteiger partial charge in [-0.25, -0.2) is 13.8 Å². The summed E-state index contributed by atoms with van der Waals surface area (Å²) in [6.45, 7) is 4.48. The summed E-state index contributed by atoms with van der Waals surface area (Å²) in [6, 6.07) is 12.9. The number of aromatic nitrogens is 1. The van der Waals surface area contributed by atoms with Crippen LogP contribution in [-0.4, -0.2) is 36.1 Å². The van der Waals surface area contributed by atoms with Crippen molar-refractivity contribution in [1.29, 1.82) is 0 Å². The van der Waals surface area contributed by atoms with Gasteiger partial charge in [-0.2, -0.15) is 0 Å². The maximum atomic E-state index is 13.9. The minimum atomic E-state index is -0.279. The fourth-order valence-corrected chi connectivity index (χ4v) is 3.94. The van der Waals surface area contributed by atoms with Gasteiger partial charge in [-0.15, -0.1) is 11.3 Å². The molecule has 4 nitrogen and oxygen atoms in total. The Bertz CT molecular complexity index is 908. The lowest BCUT2D eigenvalue weighted by Crippen LogP contribution is -2.46. The highest BCUT2D eigenvalue weighted by molar-refractivity contribution is 7.09. The summed E-state index contributed by atoms with van der Waals surface area (Å²) in [5.41, 5.74) is 1.69. The smallest absolute Gasteiger partial charge is 0.146 e. The predicted molar refractivity (Wildman–Crippen MR) is 107 cm³/mol. The zero-order valence-electron chi connectivity index (χ0n) is 15.4. The highest BCUT2D eigenvalue weighted by Gasteiger charge is 2.20. The predicted octanol–water partition coefficient (Wildman–Crippen LogP) is 4.32. The molecule has 0 aliphatic carbocycles. The van der Waals surface area contributed by atoms with E-state index in [1.54, 1.807) is 29.5 Å². The first-order chi connectivity index (χ1) is 13.7. The lowest BCUT2D eigenvalue weighted by atomic mass is 10.2. The Morgan fingerprint density at radius 2 is 1.71 bits per heavy atom. The van der Waals surface area contributed by atoms with Crippen LogP contribution in [0.2, 0.25) is 0 Å². The average Bonchev–Trinajstić information content (AvgIpc) is 3.16. The molecule has 0 radical (unpaired) electrons. The van der Waals surface area contributed by atoms with Crippen LogP contribution in [0, 0.1) is 11.6 Å². The number of nitrogens with zero attached hydrogens (tertiary/aromatic N) is 3. The van der Waals surface area contributed by atoms with Gasteiger partial charge in [-0.05, 0) is 36.4 Å². The molecule has 0 saturated carbocycles. The van der Waals surface area contributed by atoms with Crippen LogP contribution < -0.4 is 9.64 Å². The van der Waals surface area contributed by atoms with E-state index in [9.17, 15) is 8.78 Å². The highest BCUT2D eigenvalue weighted by atomic mass is 32.1. The number of benzene rings is 2. The Morgan fingerprint density at radius 3 is 2.46 bits per heavy atom. The summed E-state index contributed by atoms with van der Waals surface area (Å²) in [5, 5.41) is 2.94. The molecule has 1 aliphatic rings. The van der Waals surface area contributed by atoms with Gasteiger partial charge in [-0.1, -0.05) is 12.1 Å². The summed E-state index contributed by atoms with van der Waals surface area (Å²) < 4.78 is 32.5. The Morgan fingerprint density at radius 1 is 0.964 bits per heavy atom. The molecule has 0 atom stereocenters. The van der Waals surface area contributed by atoms with Gasteiger partial charge in [0.15, 0.2) is 0 Å². The third-order valence-electron chi connectivity index (χ3n) is 4.73. The minimum absolute atomic E-state index is 0.166. The lowest BCUT2D eigenvalue weighted by molar-refractivity contribution is 0.246. The van der Waals surface area contributed by atoms with Crippen molar-refractivity contribution in [3.05, 3.63) is 76.2 Å². The van der Waals surface area contributed by atoms with Gasteiger partial charge < -0.3 is 9.64 Å². The van der Waals surface area contributed by atoms with Gasteiger partial charge in [0.25, 0.3) is 0 Å². The summed E-state index contributed by atoms with van der Waals surface area (Å²) in [5.74, 6) is 0.183. The average molecular weight is 401 g/mol. The van der Waals surface area contributed by atoms with Crippen molar-refractivity contribution >= 4 is 17.0 Å². The number of halogens is 2. The first kappa shape index (κ1) is 18.8. The molecule has 1 saturated heterocycles. The second kappa shape index (κ2) is 8.67. The van der Waals surface area contributed by atoms with Gasteiger partial charge in [-0.3, -0.25) is 4.90 Å². The lowest BCUT2D eigenvalue weighted by Gasteiger charge is -2.35. The quantitative estimate of drug-likeness (QED) is 0.615. The molecule has 2 heterocycles. The van der Waals surface area contributed by atoms with Crippen LogP contribution in [0.3, 0.4) is 0 Å². The van der Waals surface area contributed by atoms with E-state index in [4.69, 9.17) is 4.74 Å². The molecule has 0 unspecified atom stereocenters. The number of rotatable bonds is 6. The van der Waals surface area contributed by atoms with Crippen LogP contribution in [0.5, 0.6) is 5.75 Å². The van der Waals surface area contributed by atoms with Crippen molar-refractivity contribution in [3.8, 4) is 5.75 Å². The van der Waals surface area contributed by atoms with Crippen molar-refractivity contribution in [2.24, 2.45) is 0 Å². The molecule has 0 N–H and O–H groups in total. The van der Waals surface area contributed by atoms with E-state index in [1.165, 1.54) is 18.2 Å². The molecule has 7 heteroatoms. The molecule has 0 bridgehead atoms. The Hall–Kier alpha value is -2.51. The van der Waals surface area contributed by atoms with E-state index in [1.807, 2.05) is 17.5 Å². The highest BCUT2D eigenvalue weighted by Crippen LogP contribution is 2.21. The van der Waals surface area contributed by atoms with Gasteiger partial charge in [0, 0.05) is 38.1 Å². The fourth-order valence-electron chi connectivity index (χ4n) is 3.25. The first-order valence-electron chi connectivity index (χ1n) is 9.21. The molecular weight excluding hydrogens is 380 g/mol. The summed E-state index contributed by atoms with van der Waals surface area (Å²) in [4.78, 5) is 9.05. The van der Waals surface area contributed by atoms with Crippen LogP contribution in [0.15, 0.2) is 53.9 Å². The van der Waals surface area contributed by atoms with Crippen molar-refractivity contribution in [2.75, 3.05) is 31.1 Å². The Balaban J connectivity index is 1.26. The Kier molecular flexibility index (Phi) is 5.83. The van der Waals surface area contributed by atoms with Crippen molar-refractivity contribution in [2.45, 2.75) is 13.2 Å². The third kappa shape index (κ3) is 4.66. The number of hydrogen-bond acceptors (Lipinski definition) is 5. The molecule has 0 amide bonds. The first-order valence-corrected chi connectivity index (χ1v) is 10.1. The topological polar surface area (TPSA) is 28.6 Å². The van der Waals surface area contributed by atoms with Crippen LogP contribution in [0.25, 0.3) is 0 Å². The maximum absolute atomic E-state index is 13.9. The molecule has 4 rings (SSSR count). The number of para-hydroxylation sites is 1. The molecule has 2 aromatic carbocycles. The number of hydrogen-bond donors (Lipinski definition) is 0. The summed E-state index contributed by atoms with van der Waals surface area (Å²) in [7, 11) is 0. The fraction of sp³-hybridized carbons (Fsp3) is 0.286. The molecule has 28 heavy (non-hydrogen) atoms. The summed E-state index contributed by atoms with van der Waals surface area (Å²) in [6.07, 6.45) is 0. The number of ether oxygens (including phenoxy) is 1. The second-order valence-corrected chi connectivity index (χ2v) is 7.63. The molecule has 1 aromatic heterocycles. The minimum Gasteiger partial charge on any atom is -0.486 e.